The highest BCUT2D eigenvalue weighted by atomic mass is 79.9. The maximum Gasteiger partial charge on any atom is 0.141 e. The predicted octanol–water partition coefficient (Wildman–Crippen LogP) is 2.67. The van der Waals surface area contributed by atoms with Crippen LogP contribution in [0.4, 0.5) is 4.39 Å². The van der Waals surface area contributed by atoms with E-state index in [9.17, 15) is 4.39 Å². The second-order valence-electron chi connectivity index (χ2n) is 3.71. The molecule has 1 aliphatic rings. The Morgan fingerprint density at radius 2 is 2.33 bits per heavy atom. The third-order valence-electron chi connectivity index (χ3n) is 2.77. The molecule has 2 nitrogen and oxygen atoms in total. The molecule has 82 valence electrons. The van der Waals surface area contributed by atoms with Crippen molar-refractivity contribution in [2.45, 2.75) is 12.3 Å². The highest BCUT2D eigenvalue weighted by Crippen LogP contribution is 2.33. The van der Waals surface area contributed by atoms with Gasteiger partial charge in [-0.15, -0.1) is 0 Å². The Morgan fingerprint density at radius 3 is 2.93 bits per heavy atom. The molecule has 15 heavy (non-hydrogen) atoms. The molecule has 1 aromatic rings. The van der Waals surface area contributed by atoms with E-state index in [0.717, 1.165) is 25.1 Å². The first-order valence-corrected chi connectivity index (χ1v) is 5.75. The lowest BCUT2D eigenvalue weighted by molar-refractivity contribution is 0.406. The van der Waals surface area contributed by atoms with E-state index in [1.807, 2.05) is 6.07 Å². The fourth-order valence-electron chi connectivity index (χ4n) is 1.91. The average Bonchev–Trinajstić information content (AvgIpc) is 2.75. The van der Waals surface area contributed by atoms with E-state index in [4.69, 9.17) is 4.74 Å². The predicted molar refractivity (Wildman–Crippen MR) is 60.9 cm³/mol. The van der Waals surface area contributed by atoms with E-state index in [2.05, 4.69) is 21.2 Å². The fraction of sp³-hybridized carbons (Fsp3) is 0.455. The van der Waals surface area contributed by atoms with Gasteiger partial charge in [-0.2, -0.15) is 0 Å². The van der Waals surface area contributed by atoms with Crippen LogP contribution >= 0.6 is 15.9 Å². The molecule has 1 aliphatic heterocycles. The van der Waals surface area contributed by atoms with Gasteiger partial charge in [-0.1, -0.05) is 0 Å². The molecule has 1 aromatic carbocycles. The summed E-state index contributed by atoms with van der Waals surface area (Å²) in [6.45, 7) is 1.93. The van der Waals surface area contributed by atoms with Crippen LogP contribution in [-0.2, 0) is 0 Å². The minimum Gasteiger partial charge on any atom is -0.495 e. The molecular formula is C11H13BrFNO. The van der Waals surface area contributed by atoms with Crippen molar-refractivity contribution in [3.63, 3.8) is 0 Å². The normalized spacial score (nSPS) is 20.6. The van der Waals surface area contributed by atoms with Crippen LogP contribution in [0.15, 0.2) is 16.6 Å². The van der Waals surface area contributed by atoms with Gasteiger partial charge < -0.3 is 10.1 Å². The number of benzene rings is 1. The molecule has 0 radical (unpaired) electrons. The maximum atomic E-state index is 13.5. The number of rotatable bonds is 2. The summed E-state index contributed by atoms with van der Waals surface area (Å²) < 4.78 is 19.1. The molecule has 0 amide bonds. The van der Waals surface area contributed by atoms with Gasteiger partial charge in [0, 0.05) is 6.54 Å². The van der Waals surface area contributed by atoms with Crippen LogP contribution in [-0.4, -0.2) is 20.2 Å². The van der Waals surface area contributed by atoms with Gasteiger partial charge >= 0.3 is 0 Å². The van der Waals surface area contributed by atoms with Crippen molar-refractivity contribution in [1.29, 1.82) is 0 Å². The van der Waals surface area contributed by atoms with E-state index < -0.39 is 0 Å². The monoisotopic (exact) mass is 273 g/mol. The summed E-state index contributed by atoms with van der Waals surface area (Å²) in [5.74, 6) is 0.717. The van der Waals surface area contributed by atoms with Gasteiger partial charge in [-0.3, -0.25) is 0 Å². The maximum absolute atomic E-state index is 13.5. The average molecular weight is 274 g/mol. The molecule has 1 saturated heterocycles. The first-order chi connectivity index (χ1) is 7.22. The van der Waals surface area contributed by atoms with Crippen molar-refractivity contribution in [2.75, 3.05) is 20.2 Å². The van der Waals surface area contributed by atoms with Gasteiger partial charge in [0.05, 0.1) is 11.6 Å². The van der Waals surface area contributed by atoms with Gasteiger partial charge in [-0.05, 0) is 52.5 Å². The minimum atomic E-state index is -0.253. The quantitative estimate of drug-likeness (QED) is 0.895. The number of halogens is 2. The molecule has 1 heterocycles. The van der Waals surface area contributed by atoms with Crippen LogP contribution in [0.1, 0.15) is 17.9 Å². The summed E-state index contributed by atoms with van der Waals surface area (Å²) in [5.41, 5.74) is 1.01. The molecule has 4 heteroatoms. The lowest BCUT2D eigenvalue weighted by Crippen LogP contribution is -2.08. The van der Waals surface area contributed by atoms with Crippen molar-refractivity contribution < 1.29 is 9.13 Å². The molecule has 1 atom stereocenters. The summed E-state index contributed by atoms with van der Waals surface area (Å²) in [5, 5.41) is 3.27. The first-order valence-electron chi connectivity index (χ1n) is 4.96. The zero-order chi connectivity index (χ0) is 10.8. The van der Waals surface area contributed by atoms with Crippen molar-refractivity contribution in [2.24, 2.45) is 0 Å². The summed E-state index contributed by atoms with van der Waals surface area (Å²) in [4.78, 5) is 0. The van der Waals surface area contributed by atoms with Crippen molar-refractivity contribution >= 4 is 15.9 Å². The Hall–Kier alpha value is -0.610. The Balaban J connectivity index is 2.35. The van der Waals surface area contributed by atoms with E-state index in [1.54, 1.807) is 13.2 Å². The molecule has 2 rings (SSSR count). The summed E-state index contributed by atoms with van der Waals surface area (Å²) in [7, 11) is 1.55. The smallest absolute Gasteiger partial charge is 0.141 e. The summed E-state index contributed by atoms with van der Waals surface area (Å²) in [6, 6.07) is 3.50. The largest absolute Gasteiger partial charge is 0.495 e. The van der Waals surface area contributed by atoms with Gasteiger partial charge in [0.1, 0.15) is 11.6 Å². The van der Waals surface area contributed by atoms with E-state index >= 15 is 0 Å². The molecule has 0 spiro atoms. The standard InChI is InChI=1S/C11H13BrFNO/c1-15-10-5-8(4-9(13)11(10)12)7-2-3-14-6-7/h4-5,7,14H,2-3,6H2,1H3. The molecule has 1 fully saturated rings. The van der Waals surface area contributed by atoms with Crippen molar-refractivity contribution in [3.8, 4) is 5.75 Å². The number of hydrogen-bond donors (Lipinski definition) is 1. The molecule has 0 bridgehead atoms. The SMILES string of the molecule is COc1cc(C2CCNC2)cc(F)c1Br. The molecule has 0 saturated carbocycles. The van der Waals surface area contributed by atoms with Crippen LogP contribution in [0.25, 0.3) is 0 Å². The van der Waals surface area contributed by atoms with Gasteiger partial charge in [0.25, 0.3) is 0 Å². The van der Waals surface area contributed by atoms with E-state index in [-0.39, 0.29) is 5.82 Å². The second-order valence-corrected chi connectivity index (χ2v) is 4.50. The zero-order valence-corrected chi connectivity index (χ0v) is 10.1. The highest BCUT2D eigenvalue weighted by Gasteiger charge is 2.19. The molecule has 1 unspecified atom stereocenters. The highest BCUT2D eigenvalue weighted by molar-refractivity contribution is 9.10. The number of methoxy groups -OCH3 is 1. The van der Waals surface area contributed by atoms with Gasteiger partial charge in [0.15, 0.2) is 0 Å². The Morgan fingerprint density at radius 1 is 1.53 bits per heavy atom. The third kappa shape index (κ3) is 2.16. The van der Waals surface area contributed by atoms with Crippen LogP contribution in [0, 0.1) is 5.82 Å². The molecule has 0 aromatic heterocycles. The van der Waals surface area contributed by atoms with Crippen LogP contribution in [0.3, 0.4) is 0 Å². The molecular weight excluding hydrogens is 261 g/mol. The molecule has 1 N–H and O–H groups in total. The Kier molecular flexibility index (Phi) is 3.26. The lowest BCUT2D eigenvalue weighted by atomic mass is 9.98. The zero-order valence-electron chi connectivity index (χ0n) is 8.52. The van der Waals surface area contributed by atoms with E-state index in [0.29, 0.717) is 16.1 Å². The lowest BCUT2D eigenvalue weighted by Gasteiger charge is -2.12. The van der Waals surface area contributed by atoms with Crippen LogP contribution in [0.5, 0.6) is 5.75 Å². The van der Waals surface area contributed by atoms with Gasteiger partial charge in [0.2, 0.25) is 0 Å². The summed E-state index contributed by atoms with van der Waals surface area (Å²) in [6.07, 6.45) is 1.06. The number of nitrogens with one attached hydrogen (secondary N) is 1. The van der Waals surface area contributed by atoms with Crippen LogP contribution < -0.4 is 10.1 Å². The third-order valence-corrected chi connectivity index (χ3v) is 3.54. The topological polar surface area (TPSA) is 21.3 Å². The summed E-state index contributed by atoms with van der Waals surface area (Å²) >= 11 is 3.17. The van der Waals surface area contributed by atoms with E-state index in [1.165, 1.54) is 0 Å². The fourth-order valence-corrected chi connectivity index (χ4v) is 2.30. The number of hydrogen-bond acceptors (Lipinski definition) is 2. The Labute approximate surface area is 96.9 Å². The first kappa shape index (κ1) is 10.9. The molecule has 0 aliphatic carbocycles. The van der Waals surface area contributed by atoms with Gasteiger partial charge in [-0.25, -0.2) is 4.39 Å². The van der Waals surface area contributed by atoms with Crippen molar-refractivity contribution in [1.82, 2.24) is 5.32 Å². The number of ether oxygens (including phenoxy) is 1. The minimum absolute atomic E-state index is 0.253. The van der Waals surface area contributed by atoms with Crippen LogP contribution in [0.2, 0.25) is 0 Å². The van der Waals surface area contributed by atoms with Crippen molar-refractivity contribution in [3.05, 3.63) is 28.0 Å². The second kappa shape index (κ2) is 4.49. The Bertz CT molecular complexity index is 364.